The van der Waals surface area contributed by atoms with Crippen LogP contribution in [0.2, 0.25) is 0 Å². The predicted octanol–water partition coefficient (Wildman–Crippen LogP) is 2.73. The van der Waals surface area contributed by atoms with Gasteiger partial charge in [-0.2, -0.15) is 0 Å². The summed E-state index contributed by atoms with van der Waals surface area (Å²) in [6.45, 7) is 0. The average Bonchev–Trinajstić information content (AvgIpc) is 2.81. The topological polar surface area (TPSA) is 64.3 Å². The molecule has 0 radical (unpaired) electrons. The van der Waals surface area contributed by atoms with Crippen molar-refractivity contribution in [1.82, 2.24) is 0 Å². The van der Waals surface area contributed by atoms with Crippen molar-refractivity contribution >= 4 is 28.6 Å². The van der Waals surface area contributed by atoms with E-state index in [1.807, 2.05) is 0 Å². The fourth-order valence-electron chi connectivity index (χ4n) is 1.38. The van der Waals surface area contributed by atoms with E-state index in [9.17, 15) is 9.18 Å². The van der Waals surface area contributed by atoms with Crippen molar-refractivity contribution in [3.05, 3.63) is 40.3 Å². The molecule has 6 heteroatoms. The van der Waals surface area contributed by atoms with Gasteiger partial charge in [0.05, 0.1) is 23.4 Å². The van der Waals surface area contributed by atoms with Gasteiger partial charge in [0, 0.05) is 11.4 Å². The van der Waals surface area contributed by atoms with Crippen molar-refractivity contribution in [3.8, 4) is 5.75 Å². The lowest BCUT2D eigenvalue weighted by atomic mass is 10.2. The van der Waals surface area contributed by atoms with Gasteiger partial charge in [-0.3, -0.25) is 4.79 Å². The third-order valence-corrected chi connectivity index (χ3v) is 3.20. The molecule has 0 fully saturated rings. The predicted molar refractivity (Wildman–Crippen MR) is 69.6 cm³/mol. The van der Waals surface area contributed by atoms with E-state index in [2.05, 4.69) is 5.32 Å². The number of ether oxygens (including phenoxy) is 1. The van der Waals surface area contributed by atoms with E-state index in [0.29, 0.717) is 16.3 Å². The SMILES string of the molecule is COc1csc(C(=O)Nc2ccc(F)cc2N)c1. The number of carbonyl (C=O) groups excluding carboxylic acids is 1. The molecule has 0 aliphatic carbocycles. The van der Waals surface area contributed by atoms with Crippen LogP contribution in [0.1, 0.15) is 9.67 Å². The molecule has 0 saturated carbocycles. The molecule has 1 aromatic heterocycles. The van der Waals surface area contributed by atoms with Gasteiger partial charge >= 0.3 is 0 Å². The number of hydrogen-bond donors (Lipinski definition) is 2. The molecule has 0 bridgehead atoms. The van der Waals surface area contributed by atoms with Crippen molar-refractivity contribution in [2.24, 2.45) is 0 Å². The largest absolute Gasteiger partial charge is 0.496 e. The van der Waals surface area contributed by atoms with Crippen LogP contribution >= 0.6 is 11.3 Å². The Balaban J connectivity index is 2.16. The van der Waals surface area contributed by atoms with Gasteiger partial charge in [-0.1, -0.05) is 0 Å². The molecular weight excluding hydrogens is 255 g/mol. The number of thiophene rings is 1. The minimum Gasteiger partial charge on any atom is -0.496 e. The molecule has 18 heavy (non-hydrogen) atoms. The first-order valence-corrected chi connectivity index (χ1v) is 5.97. The van der Waals surface area contributed by atoms with Crippen molar-refractivity contribution < 1.29 is 13.9 Å². The van der Waals surface area contributed by atoms with Gasteiger partial charge in [-0.25, -0.2) is 4.39 Å². The van der Waals surface area contributed by atoms with Crippen LogP contribution in [0.15, 0.2) is 29.6 Å². The third kappa shape index (κ3) is 2.60. The number of amides is 1. The van der Waals surface area contributed by atoms with Gasteiger partial charge in [0.1, 0.15) is 11.6 Å². The van der Waals surface area contributed by atoms with E-state index in [0.717, 1.165) is 6.07 Å². The minimum absolute atomic E-state index is 0.187. The first-order valence-electron chi connectivity index (χ1n) is 5.09. The Bertz CT molecular complexity index is 583. The summed E-state index contributed by atoms with van der Waals surface area (Å²) in [5.74, 6) is -0.123. The van der Waals surface area contributed by atoms with Gasteiger partial charge in [0.25, 0.3) is 5.91 Å². The van der Waals surface area contributed by atoms with E-state index >= 15 is 0 Å². The first-order chi connectivity index (χ1) is 8.60. The number of anilines is 2. The summed E-state index contributed by atoms with van der Waals surface area (Å²) < 4.78 is 17.8. The van der Waals surface area contributed by atoms with E-state index in [4.69, 9.17) is 10.5 Å². The summed E-state index contributed by atoms with van der Waals surface area (Å²) in [7, 11) is 1.53. The molecule has 0 saturated heterocycles. The smallest absolute Gasteiger partial charge is 0.265 e. The number of nitrogen functional groups attached to an aromatic ring is 1. The summed E-state index contributed by atoms with van der Waals surface area (Å²) in [6.07, 6.45) is 0. The summed E-state index contributed by atoms with van der Waals surface area (Å²) in [6, 6.07) is 5.44. The van der Waals surface area contributed by atoms with Gasteiger partial charge in [0.2, 0.25) is 0 Å². The molecule has 2 aromatic rings. The maximum atomic E-state index is 12.8. The van der Waals surface area contributed by atoms with E-state index in [1.165, 1.54) is 30.6 Å². The number of nitrogens with one attached hydrogen (secondary N) is 1. The van der Waals surface area contributed by atoms with E-state index in [1.54, 1.807) is 11.4 Å². The molecule has 2 rings (SSSR count). The Morgan fingerprint density at radius 2 is 2.22 bits per heavy atom. The molecule has 1 aromatic carbocycles. The lowest BCUT2D eigenvalue weighted by Crippen LogP contribution is -2.11. The van der Waals surface area contributed by atoms with Crippen LogP contribution in [-0.2, 0) is 0 Å². The third-order valence-electron chi connectivity index (χ3n) is 2.30. The maximum absolute atomic E-state index is 12.8. The molecule has 3 N–H and O–H groups in total. The molecule has 0 spiro atoms. The normalized spacial score (nSPS) is 10.1. The number of rotatable bonds is 3. The zero-order valence-electron chi connectivity index (χ0n) is 9.57. The van der Waals surface area contributed by atoms with Crippen molar-refractivity contribution in [3.63, 3.8) is 0 Å². The Hall–Kier alpha value is -2.08. The minimum atomic E-state index is -0.441. The summed E-state index contributed by atoms with van der Waals surface area (Å²) >= 11 is 1.26. The highest BCUT2D eigenvalue weighted by molar-refractivity contribution is 7.12. The first kappa shape index (κ1) is 12.4. The number of halogens is 1. The average molecular weight is 266 g/mol. The van der Waals surface area contributed by atoms with Crippen molar-refractivity contribution in [1.29, 1.82) is 0 Å². The van der Waals surface area contributed by atoms with Crippen LogP contribution in [0.25, 0.3) is 0 Å². The molecule has 4 nitrogen and oxygen atoms in total. The summed E-state index contributed by atoms with van der Waals surface area (Å²) in [4.78, 5) is 12.4. The molecule has 0 unspecified atom stereocenters. The van der Waals surface area contributed by atoms with Gasteiger partial charge in [0.15, 0.2) is 0 Å². The maximum Gasteiger partial charge on any atom is 0.265 e. The van der Waals surface area contributed by atoms with Crippen LogP contribution < -0.4 is 15.8 Å². The van der Waals surface area contributed by atoms with Crippen LogP contribution in [0, 0.1) is 5.82 Å². The standard InChI is InChI=1S/C12H11FN2O2S/c1-17-8-5-11(18-6-8)12(16)15-10-3-2-7(13)4-9(10)14/h2-6H,14H2,1H3,(H,15,16). The Kier molecular flexibility index (Phi) is 3.47. The van der Waals surface area contributed by atoms with E-state index in [-0.39, 0.29) is 11.6 Å². The molecule has 0 aliphatic heterocycles. The van der Waals surface area contributed by atoms with Gasteiger partial charge in [-0.15, -0.1) is 11.3 Å². The van der Waals surface area contributed by atoms with Crippen molar-refractivity contribution in [2.45, 2.75) is 0 Å². The highest BCUT2D eigenvalue weighted by atomic mass is 32.1. The Morgan fingerprint density at radius 3 is 2.83 bits per heavy atom. The Labute approximate surface area is 107 Å². The number of carbonyl (C=O) groups is 1. The van der Waals surface area contributed by atoms with Gasteiger partial charge < -0.3 is 15.8 Å². The van der Waals surface area contributed by atoms with Crippen LogP contribution in [0.5, 0.6) is 5.75 Å². The second-order valence-corrected chi connectivity index (χ2v) is 4.45. The highest BCUT2D eigenvalue weighted by Crippen LogP contribution is 2.24. The zero-order valence-corrected chi connectivity index (χ0v) is 10.4. The Morgan fingerprint density at radius 1 is 1.44 bits per heavy atom. The number of benzene rings is 1. The van der Waals surface area contributed by atoms with E-state index < -0.39 is 5.82 Å². The van der Waals surface area contributed by atoms with Crippen LogP contribution in [0.4, 0.5) is 15.8 Å². The second-order valence-electron chi connectivity index (χ2n) is 3.54. The monoisotopic (exact) mass is 266 g/mol. The molecule has 0 aliphatic rings. The molecule has 0 atom stereocenters. The summed E-state index contributed by atoms with van der Waals surface area (Å²) in [5.41, 5.74) is 6.17. The number of nitrogens with two attached hydrogens (primary N) is 1. The summed E-state index contributed by atoms with van der Waals surface area (Å²) in [5, 5.41) is 4.34. The highest BCUT2D eigenvalue weighted by Gasteiger charge is 2.11. The lowest BCUT2D eigenvalue weighted by Gasteiger charge is -2.06. The fourth-order valence-corrected chi connectivity index (χ4v) is 2.13. The molecule has 1 heterocycles. The second kappa shape index (κ2) is 5.05. The van der Waals surface area contributed by atoms with Crippen LogP contribution in [0.3, 0.4) is 0 Å². The number of hydrogen-bond acceptors (Lipinski definition) is 4. The molecule has 94 valence electrons. The number of methoxy groups -OCH3 is 1. The lowest BCUT2D eigenvalue weighted by molar-refractivity contribution is 0.103. The quantitative estimate of drug-likeness (QED) is 0.839. The van der Waals surface area contributed by atoms with Crippen molar-refractivity contribution in [2.75, 3.05) is 18.2 Å². The fraction of sp³-hybridized carbons (Fsp3) is 0.0833. The zero-order chi connectivity index (χ0) is 13.1. The molecular formula is C12H11FN2O2S. The van der Waals surface area contributed by atoms with Crippen LogP contribution in [-0.4, -0.2) is 13.0 Å². The molecule has 1 amide bonds. The van der Waals surface area contributed by atoms with Gasteiger partial charge in [-0.05, 0) is 18.2 Å².